The summed E-state index contributed by atoms with van der Waals surface area (Å²) in [6.45, 7) is 2.39. The molecular formula is C24H30N4O8. The molecule has 3 atom stereocenters. The maximum atomic E-state index is 13.8. The molecule has 0 bridgehead atoms. The number of fused-ring (bicyclic) bond motifs is 1. The number of amides is 1. The van der Waals surface area contributed by atoms with E-state index in [0.29, 0.717) is 23.7 Å². The van der Waals surface area contributed by atoms with Crippen LogP contribution in [0.3, 0.4) is 0 Å². The van der Waals surface area contributed by atoms with Gasteiger partial charge in [-0.1, -0.05) is 32.6 Å². The van der Waals surface area contributed by atoms with E-state index in [-0.39, 0.29) is 31.5 Å². The minimum atomic E-state index is -0.835. The largest absolute Gasteiger partial charge is 0.488 e. The fourth-order valence-electron chi connectivity index (χ4n) is 4.57. The Bertz CT molecular complexity index is 1100. The molecule has 12 nitrogen and oxygen atoms in total. The number of unbranched alkanes of at least 4 members (excludes halogenated alkanes) is 3. The van der Waals surface area contributed by atoms with Crippen molar-refractivity contribution in [3.8, 4) is 17.2 Å². The molecule has 0 radical (unpaired) electrons. The second kappa shape index (κ2) is 11.3. The van der Waals surface area contributed by atoms with Crippen molar-refractivity contribution < 1.29 is 33.5 Å². The molecule has 0 N–H and O–H groups in total. The van der Waals surface area contributed by atoms with Crippen LogP contribution >= 0.6 is 0 Å². The van der Waals surface area contributed by atoms with Crippen molar-refractivity contribution in [1.82, 2.24) is 14.5 Å². The SMILES string of the molecule is CCCCCC[C@H](C(=O)N1C[C@@H](Oc2ccc3c(c2)OCO3)C[C@H]1C(=O)OC)n1cnc([N+](=O)[O-])c1. The number of carbonyl (C=O) groups excluding carboxylic acids is 2. The van der Waals surface area contributed by atoms with Crippen molar-refractivity contribution in [3.05, 3.63) is 40.8 Å². The van der Waals surface area contributed by atoms with Crippen LogP contribution in [0.2, 0.25) is 0 Å². The maximum absolute atomic E-state index is 13.8. The Kier molecular flexibility index (Phi) is 7.91. The molecule has 4 rings (SSSR count). The molecule has 1 fully saturated rings. The molecule has 2 aliphatic heterocycles. The van der Waals surface area contributed by atoms with Crippen LogP contribution in [0.25, 0.3) is 0 Å². The van der Waals surface area contributed by atoms with E-state index >= 15 is 0 Å². The summed E-state index contributed by atoms with van der Waals surface area (Å²) in [6.07, 6.45) is 6.53. The lowest BCUT2D eigenvalue weighted by atomic mass is 10.1. The van der Waals surface area contributed by atoms with Crippen LogP contribution in [0.5, 0.6) is 17.2 Å². The molecule has 3 heterocycles. The number of benzene rings is 1. The van der Waals surface area contributed by atoms with Crippen molar-refractivity contribution in [3.63, 3.8) is 0 Å². The zero-order valence-electron chi connectivity index (χ0n) is 20.3. The Morgan fingerprint density at radius 2 is 2.06 bits per heavy atom. The summed E-state index contributed by atoms with van der Waals surface area (Å²) in [5.74, 6) is 0.516. The van der Waals surface area contributed by atoms with Crippen LogP contribution < -0.4 is 14.2 Å². The summed E-state index contributed by atoms with van der Waals surface area (Å²) >= 11 is 0. The summed E-state index contributed by atoms with van der Waals surface area (Å²) in [4.78, 5) is 42.2. The van der Waals surface area contributed by atoms with Gasteiger partial charge in [0.15, 0.2) is 11.5 Å². The first-order valence-electron chi connectivity index (χ1n) is 12.0. The van der Waals surface area contributed by atoms with E-state index in [2.05, 4.69) is 11.9 Å². The lowest BCUT2D eigenvalue weighted by Crippen LogP contribution is -2.44. The minimum absolute atomic E-state index is 0.140. The number of imidazole rings is 1. The van der Waals surface area contributed by atoms with E-state index in [1.807, 2.05) is 0 Å². The molecule has 1 aromatic heterocycles. The Morgan fingerprint density at radius 3 is 2.78 bits per heavy atom. The lowest BCUT2D eigenvalue weighted by Gasteiger charge is -2.27. The van der Waals surface area contributed by atoms with Crippen molar-refractivity contribution >= 4 is 17.7 Å². The number of esters is 1. The third-order valence-corrected chi connectivity index (χ3v) is 6.42. The molecule has 0 unspecified atom stereocenters. The smallest absolute Gasteiger partial charge is 0.381 e. The van der Waals surface area contributed by atoms with Crippen molar-refractivity contribution in [2.45, 2.75) is 63.6 Å². The van der Waals surface area contributed by atoms with Gasteiger partial charge in [0.05, 0.1) is 13.7 Å². The summed E-state index contributed by atoms with van der Waals surface area (Å²) in [6, 6.07) is 3.62. The Hall–Kier alpha value is -3.83. The summed E-state index contributed by atoms with van der Waals surface area (Å²) in [7, 11) is 1.28. The predicted octanol–water partition coefficient (Wildman–Crippen LogP) is 3.25. The summed E-state index contributed by atoms with van der Waals surface area (Å²) in [5, 5.41) is 11.2. The van der Waals surface area contributed by atoms with Gasteiger partial charge in [-0.15, -0.1) is 0 Å². The highest BCUT2D eigenvalue weighted by atomic mass is 16.7. The van der Waals surface area contributed by atoms with E-state index in [4.69, 9.17) is 18.9 Å². The van der Waals surface area contributed by atoms with Crippen molar-refractivity contribution in [2.75, 3.05) is 20.4 Å². The highest BCUT2D eigenvalue weighted by Gasteiger charge is 2.44. The van der Waals surface area contributed by atoms with Crippen LogP contribution in [0.1, 0.15) is 51.5 Å². The average Bonchev–Trinajstić information content (AvgIpc) is 3.62. The standard InChI is InChI=1S/C24H30N4O8/c1-3-4-5-6-7-18(26-13-22(25-14-26)28(31)32)23(29)27-12-17(10-19(27)24(30)33-2)36-16-8-9-20-21(11-16)35-15-34-20/h8-9,11,13-14,17-19H,3-7,10,12,15H2,1-2H3/t17-,18+,19-/m0/s1. The minimum Gasteiger partial charge on any atom is -0.488 e. The summed E-state index contributed by atoms with van der Waals surface area (Å²) < 4.78 is 23.3. The maximum Gasteiger partial charge on any atom is 0.381 e. The number of nitro groups is 1. The third kappa shape index (κ3) is 5.52. The highest BCUT2D eigenvalue weighted by molar-refractivity contribution is 5.87. The zero-order chi connectivity index (χ0) is 25.7. The molecule has 1 amide bonds. The van der Waals surface area contributed by atoms with Crippen molar-refractivity contribution in [2.24, 2.45) is 0 Å². The predicted molar refractivity (Wildman–Crippen MR) is 126 cm³/mol. The average molecular weight is 503 g/mol. The fraction of sp³-hybridized carbons (Fsp3) is 0.542. The van der Waals surface area contributed by atoms with Gasteiger partial charge in [0.25, 0.3) is 0 Å². The highest BCUT2D eigenvalue weighted by Crippen LogP contribution is 2.36. The lowest BCUT2D eigenvalue weighted by molar-refractivity contribution is -0.389. The molecule has 0 spiro atoms. The molecule has 2 aromatic rings. The van der Waals surface area contributed by atoms with Crippen molar-refractivity contribution in [1.29, 1.82) is 0 Å². The number of ether oxygens (including phenoxy) is 4. The normalized spacial score (nSPS) is 19.2. The van der Waals surface area contributed by atoms with Gasteiger partial charge in [0.1, 0.15) is 30.1 Å². The van der Waals surface area contributed by atoms with Gasteiger partial charge in [-0.05, 0) is 28.5 Å². The number of aromatic nitrogens is 2. The monoisotopic (exact) mass is 502 g/mol. The molecule has 12 heteroatoms. The van der Waals surface area contributed by atoms with E-state index in [1.165, 1.54) is 29.1 Å². The first kappa shape index (κ1) is 25.3. The quantitative estimate of drug-likeness (QED) is 0.196. The topological polar surface area (TPSA) is 135 Å². The second-order valence-corrected chi connectivity index (χ2v) is 8.82. The molecule has 194 valence electrons. The first-order valence-corrected chi connectivity index (χ1v) is 12.0. The fourth-order valence-corrected chi connectivity index (χ4v) is 4.57. The van der Waals surface area contributed by atoms with Gasteiger partial charge in [-0.3, -0.25) is 9.36 Å². The van der Waals surface area contributed by atoms with Gasteiger partial charge >= 0.3 is 11.8 Å². The first-order chi connectivity index (χ1) is 17.4. The van der Waals surface area contributed by atoms with Crippen LogP contribution in [0.15, 0.2) is 30.7 Å². The van der Waals surface area contributed by atoms with Crippen LogP contribution in [-0.4, -0.2) is 63.8 Å². The van der Waals surface area contributed by atoms with E-state index in [1.54, 1.807) is 18.2 Å². The number of rotatable bonds is 11. The molecule has 2 aliphatic rings. The number of likely N-dealkylation sites (tertiary alicyclic amines) is 1. The van der Waals surface area contributed by atoms with Gasteiger partial charge in [0, 0.05) is 12.5 Å². The summed E-state index contributed by atoms with van der Waals surface area (Å²) in [5.41, 5.74) is 0. The zero-order valence-corrected chi connectivity index (χ0v) is 20.3. The van der Waals surface area contributed by atoms with Crippen LogP contribution in [0, 0.1) is 10.1 Å². The molecule has 0 saturated carbocycles. The van der Waals surface area contributed by atoms with Gasteiger partial charge in [0.2, 0.25) is 19.0 Å². The number of hydrogen-bond acceptors (Lipinski definition) is 9. The number of carbonyl (C=O) groups is 2. The molecule has 0 aliphatic carbocycles. The number of hydrogen-bond donors (Lipinski definition) is 0. The number of nitrogens with zero attached hydrogens (tertiary/aromatic N) is 4. The molecular weight excluding hydrogens is 472 g/mol. The third-order valence-electron chi connectivity index (χ3n) is 6.42. The van der Waals surface area contributed by atoms with E-state index in [9.17, 15) is 19.7 Å². The Balaban J connectivity index is 1.53. The number of methoxy groups -OCH3 is 1. The Morgan fingerprint density at radius 1 is 1.25 bits per heavy atom. The molecule has 36 heavy (non-hydrogen) atoms. The second-order valence-electron chi connectivity index (χ2n) is 8.82. The van der Waals surface area contributed by atoms with Gasteiger partial charge in [-0.2, -0.15) is 0 Å². The molecule has 1 aromatic carbocycles. The van der Waals surface area contributed by atoms with E-state index < -0.39 is 29.1 Å². The van der Waals surface area contributed by atoms with Crippen LogP contribution in [0.4, 0.5) is 5.82 Å². The molecule has 1 saturated heterocycles. The van der Waals surface area contributed by atoms with Crippen LogP contribution in [-0.2, 0) is 14.3 Å². The van der Waals surface area contributed by atoms with Gasteiger partial charge in [-0.25, -0.2) is 4.79 Å². The van der Waals surface area contributed by atoms with Gasteiger partial charge < -0.3 is 34.0 Å². The van der Waals surface area contributed by atoms with E-state index in [0.717, 1.165) is 25.7 Å². The Labute approximate surface area is 208 Å².